The predicted molar refractivity (Wildman–Crippen MR) is 68.6 cm³/mol. The van der Waals surface area contributed by atoms with Gasteiger partial charge in [-0.2, -0.15) is 0 Å². The zero-order chi connectivity index (χ0) is 11.8. The topological polar surface area (TPSA) is 42.8 Å². The molecule has 0 aromatic carbocycles. The van der Waals surface area contributed by atoms with Crippen molar-refractivity contribution >= 4 is 23.3 Å². The number of nitrogens with zero attached hydrogens (tertiary/aromatic N) is 2. The van der Waals surface area contributed by atoms with Gasteiger partial charge in [-0.15, -0.1) is 0 Å². The van der Waals surface area contributed by atoms with Crippen LogP contribution in [0.5, 0.6) is 0 Å². The molecule has 3 heterocycles. The highest BCUT2D eigenvalue weighted by molar-refractivity contribution is 7.71. The molecule has 0 bridgehead atoms. The van der Waals surface area contributed by atoms with Crippen molar-refractivity contribution < 1.29 is 4.74 Å². The second kappa shape index (κ2) is 4.23. The number of aromatic nitrogens is 3. The monoisotopic (exact) mass is 249 g/mol. The third kappa shape index (κ3) is 1.89. The fourth-order valence-electron chi connectivity index (χ4n) is 2.55. The van der Waals surface area contributed by atoms with Crippen LogP contribution in [-0.2, 0) is 4.74 Å². The molecule has 4 nitrogen and oxygen atoms in total. The molecular weight excluding hydrogens is 234 g/mol. The molecule has 1 aliphatic rings. The van der Waals surface area contributed by atoms with Gasteiger partial charge in [0, 0.05) is 18.8 Å². The summed E-state index contributed by atoms with van der Waals surface area (Å²) in [5, 5.41) is 0. The van der Waals surface area contributed by atoms with E-state index in [1.54, 1.807) is 0 Å². The number of pyridine rings is 1. The Morgan fingerprint density at radius 1 is 1.59 bits per heavy atom. The van der Waals surface area contributed by atoms with Gasteiger partial charge in [-0.25, -0.2) is 0 Å². The minimum Gasteiger partial charge on any atom is -0.378 e. The first-order valence-corrected chi connectivity index (χ1v) is 6.32. The number of hydrogen-bond acceptors (Lipinski definition) is 3. The summed E-state index contributed by atoms with van der Waals surface area (Å²) in [6.45, 7) is 2.93. The molecule has 1 fully saturated rings. The summed E-state index contributed by atoms with van der Waals surface area (Å²) in [6.07, 6.45) is 5.98. The number of fused-ring (bicyclic) bond motifs is 1. The average Bonchev–Trinajstić information content (AvgIpc) is 2.64. The van der Waals surface area contributed by atoms with E-state index in [1.165, 1.54) is 0 Å². The van der Waals surface area contributed by atoms with Gasteiger partial charge in [0.1, 0.15) is 0 Å². The zero-order valence-electron chi connectivity index (χ0n) is 9.72. The van der Waals surface area contributed by atoms with Crippen molar-refractivity contribution in [1.82, 2.24) is 14.5 Å². The van der Waals surface area contributed by atoms with Gasteiger partial charge in [0.2, 0.25) is 0 Å². The van der Waals surface area contributed by atoms with Gasteiger partial charge in [-0.05, 0) is 38.0 Å². The summed E-state index contributed by atoms with van der Waals surface area (Å²) in [5.74, 6) is 0. The molecule has 2 aromatic rings. The van der Waals surface area contributed by atoms with Crippen molar-refractivity contribution in [2.45, 2.75) is 31.9 Å². The van der Waals surface area contributed by atoms with E-state index in [-0.39, 0.29) is 0 Å². The van der Waals surface area contributed by atoms with Gasteiger partial charge in [-0.3, -0.25) is 4.98 Å². The maximum atomic E-state index is 5.59. The maximum Gasteiger partial charge on any atom is 0.178 e. The van der Waals surface area contributed by atoms with Crippen LogP contribution in [-0.4, -0.2) is 27.2 Å². The highest BCUT2D eigenvalue weighted by atomic mass is 32.1. The van der Waals surface area contributed by atoms with E-state index >= 15 is 0 Å². The van der Waals surface area contributed by atoms with Crippen LogP contribution in [0.15, 0.2) is 18.5 Å². The summed E-state index contributed by atoms with van der Waals surface area (Å²) in [5.41, 5.74) is 2.15. The fourth-order valence-corrected chi connectivity index (χ4v) is 2.91. The molecule has 2 atom stereocenters. The smallest absolute Gasteiger partial charge is 0.178 e. The van der Waals surface area contributed by atoms with Crippen molar-refractivity contribution in [1.29, 1.82) is 0 Å². The minimum atomic E-state index is 0.308. The molecule has 0 saturated carbocycles. The van der Waals surface area contributed by atoms with Crippen molar-refractivity contribution in [2.24, 2.45) is 0 Å². The van der Waals surface area contributed by atoms with Crippen LogP contribution in [0, 0.1) is 4.77 Å². The lowest BCUT2D eigenvalue weighted by Gasteiger charge is -2.28. The van der Waals surface area contributed by atoms with Crippen LogP contribution >= 0.6 is 12.2 Å². The summed E-state index contributed by atoms with van der Waals surface area (Å²) >= 11 is 5.41. The fraction of sp³-hybridized carbons (Fsp3) is 0.500. The molecule has 3 rings (SSSR count). The molecule has 17 heavy (non-hydrogen) atoms. The van der Waals surface area contributed by atoms with Crippen LogP contribution in [0.2, 0.25) is 0 Å². The Morgan fingerprint density at radius 3 is 3.29 bits per heavy atom. The third-order valence-electron chi connectivity index (χ3n) is 3.34. The summed E-state index contributed by atoms with van der Waals surface area (Å²) < 4.78 is 8.59. The van der Waals surface area contributed by atoms with Gasteiger partial charge in [0.25, 0.3) is 0 Å². The third-order valence-corrected chi connectivity index (χ3v) is 3.64. The summed E-state index contributed by atoms with van der Waals surface area (Å²) in [4.78, 5) is 7.33. The largest absolute Gasteiger partial charge is 0.378 e. The van der Waals surface area contributed by atoms with Gasteiger partial charge in [-0.1, -0.05) is 0 Å². The van der Waals surface area contributed by atoms with E-state index in [0.717, 1.165) is 35.3 Å². The van der Waals surface area contributed by atoms with Gasteiger partial charge >= 0.3 is 0 Å². The number of ether oxygens (including phenoxy) is 1. The standard InChI is InChI=1S/C12H15N3OS/c1-8-6-9(3-5-16-8)15-11-2-4-13-7-10(11)14-12(15)17/h2,4,7-9H,3,5-6H2,1H3,(H,14,17). The van der Waals surface area contributed by atoms with Crippen molar-refractivity contribution in [3.8, 4) is 0 Å². The Kier molecular flexibility index (Phi) is 2.72. The highest BCUT2D eigenvalue weighted by Crippen LogP contribution is 2.28. The second-order valence-corrected chi connectivity index (χ2v) is 4.94. The molecule has 1 N–H and O–H groups in total. The first kappa shape index (κ1) is 10.9. The Bertz CT molecular complexity index is 589. The first-order chi connectivity index (χ1) is 8.25. The molecule has 5 heteroatoms. The quantitative estimate of drug-likeness (QED) is 0.790. The lowest BCUT2D eigenvalue weighted by atomic mass is 10.0. The van der Waals surface area contributed by atoms with Crippen LogP contribution in [0.25, 0.3) is 11.0 Å². The maximum absolute atomic E-state index is 5.59. The second-order valence-electron chi connectivity index (χ2n) is 4.55. The molecule has 0 radical (unpaired) electrons. The average molecular weight is 249 g/mol. The molecule has 0 aliphatic carbocycles. The van der Waals surface area contributed by atoms with E-state index in [4.69, 9.17) is 17.0 Å². The Morgan fingerprint density at radius 2 is 2.47 bits per heavy atom. The SMILES string of the molecule is CC1CC(n2c(=S)[nH]c3cnccc32)CCO1. The first-order valence-electron chi connectivity index (χ1n) is 5.91. The van der Waals surface area contributed by atoms with E-state index in [9.17, 15) is 0 Å². The number of imidazole rings is 1. The molecular formula is C12H15N3OS. The zero-order valence-corrected chi connectivity index (χ0v) is 10.5. The van der Waals surface area contributed by atoms with Gasteiger partial charge < -0.3 is 14.3 Å². The van der Waals surface area contributed by atoms with Crippen LogP contribution in [0.1, 0.15) is 25.8 Å². The van der Waals surface area contributed by atoms with Crippen molar-refractivity contribution in [2.75, 3.05) is 6.61 Å². The number of nitrogens with one attached hydrogen (secondary N) is 1. The van der Waals surface area contributed by atoms with Gasteiger partial charge in [0.05, 0.1) is 23.3 Å². The lowest BCUT2D eigenvalue weighted by molar-refractivity contribution is 0.00647. The minimum absolute atomic E-state index is 0.308. The van der Waals surface area contributed by atoms with E-state index in [0.29, 0.717) is 12.1 Å². The number of hydrogen-bond donors (Lipinski definition) is 1. The molecule has 2 unspecified atom stereocenters. The number of H-pyrrole nitrogens is 1. The van der Waals surface area contributed by atoms with Crippen LogP contribution in [0.3, 0.4) is 0 Å². The Hall–Kier alpha value is -1.20. The van der Waals surface area contributed by atoms with E-state index in [1.807, 2.05) is 18.5 Å². The molecule has 1 saturated heterocycles. The summed E-state index contributed by atoms with van der Waals surface area (Å²) in [7, 11) is 0. The molecule has 1 aliphatic heterocycles. The molecule has 90 valence electrons. The predicted octanol–water partition coefficient (Wildman–Crippen LogP) is 2.83. The summed E-state index contributed by atoms with van der Waals surface area (Å²) in [6, 6.07) is 2.45. The molecule has 0 spiro atoms. The van der Waals surface area contributed by atoms with Gasteiger partial charge in [0.15, 0.2) is 4.77 Å². The molecule has 2 aromatic heterocycles. The lowest BCUT2D eigenvalue weighted by Crippen LogP contribution is -2.25. The number of rotatable bonds is 1. The molecule has 0 amide bonds. The van der Waals surface area contributed by atoms with Crippen LogP contribution in [0.4, 0.5) is 0 Å². The Balaban J connectivity index is 2.10. The Labute approximate surface area is 105 Å². The van der Waals surface area contributed by atoms with Crippen molar-refractivity contribution in [3.05, 3.63) is 23.2 Å². The van der Waals surface area contributed by atoms with E-state index in [2.05, 4.69) is 21.5 Å². The van der Waals surface area contributed by atoms with Crippen LogP contribution < -0.4 is 0 Å². The van der Waals surface area contributed by atoms with Crippen molar-refractivity contribution in [3.63, 3.8) is 0 Å². The number of aromatic amines is 1. The normalized spacial score (nSPS) is 25.2. The van der Waals surface area contributed by atoms with E-state index < -0.39 is 0 Å². The highest BCUT2D eigenvalue weighted by Gasteiger charge is 2.22.